The predicted molar refractivity (Wildman–Crippen MR) is 94.0 cm³/mol. The van der Waals surface area contributed by atoms with Crippen LogP contribution < -0.4 is 5.43 Å². The Hall–Kier alpha value is -1.39. The van der Waals surface area contributed by atoms with E-state index in [1.165, 1.54) is 30.6 Å². The molecule has 1 heterocycles. The molecule has 0 atom stereocenters. The van der Waals surface area contributed by atoms with Gasteiger partial charge in [0, 0.05) is 15.8 Å². The van der Waals surface area contributed by atoms with Crippen LogP contribution in [0, 0.1) is 5.92 Å². The van der Waals surface area contributed by atoms with Crippen LogP contribution in [0.25, 0.3) is 10.1 Å². The molecule has 22 heavy (non-hydrogen) atoms. The maximum atomic E-state index is 12.3. The summed E-state index contributed by atoms with van der Waals surface area (Å²) in [6.07, 6.45) is 5.55. The largest absolute Gasteiger partial charge is 0.283 e. The van der Waals surface area contributed by atoms with E-state index in [4.69, 9.17) is 11.6 Å². The summed E-state index contributed by atoms with van der Waals surface area (Å²) in [5.74, 6) is 0.600. The van der Waals surface area contributed by atoms with Gasteiger partial charge in [-0.2, -0.15) is 5.10 Å². The highest BCUT2D eigenvalue weighted by atomic mass is 35.5. The quantitative estimate of drug-likeness (QED) is 0.766. The molecule has 1 aromatic heterocycles. The standard InChI is InChI=1S/C17H19ClN2OS/c1-2-11-7-9-12(10-8-11)19-20-17(21)16-15(18)13-5-3-4-6-14(13)22-16/h3-6,11H,2,7-10H2,1H3,(H,20,21). The normalized spacial score (nSPS) is 18.5. The van der Waals surface area contributed by atoms with Crippen LogP contribution in [0.4, 0.5) is 0 Å². The molecule has 0 saturated heterocycles. The number of thiophene rings is 1. The smallest absolute Gasteiger partial charge is 0.266 e. The minimum Gasteiger partial charge on any atom is -0.266 e. The lowest BCUT2D eigenvalue weighted by Gasteiger charge is -2.21. The third-order valence-corrected chi connectivity index (χ3v) is 5.99. The lowest BCUT2D eigenvalue weighted by molar-refractivity contribution is 0.0958. The second kappa shape index (κ2) is 6.80. The van der Waals surface area contributed by atoms with E-state index in [9.17, 15) is 4.79 Å². The second-order valence-corrected chi connectivity index (χ2v) is 7.14. The molecule has 1 amide bonds. The predicted octanol–water partition coefficient (Wildman–Crippen LogP) is 5.24. The zero-order valence-corrected chi connectivity index (χ0v) is 14.1. The molecule has 0 unspecified atom stereocenters. The van der Waals surface area contributed by atoms with E-state index in [1.54, 1.807) is 0 Å². The van der Waals surface area contributed by atoms with E-state index in [0.29, 0.717) is 9.90 Å². The molecule has 2 aromatic rings. The van der Waals surface area contributed by atoms with Crippen molar-refractivity contribution in [2.75, 3.05) is 0 Å². The van der Waals surface area contributed by atoms with Crippen LogP contribution in [0.3, 0.4) is 0 Å². The van der Waals surface area contributed by atoms with Gasteiger partial charge in [-0.1, -0.05) is 43.1 Å². The fourth-order valence-corrected chi connectivity index (χ4v) is 4.28. The van der Waals surface area contributed by atoms with Gasteiger partial charge in [-0.15, -0.1) is 11.3 Å². The minimum absolute atomic E-state index is 0.212. The van der Waals surface area contributed by atoms with Gasteiger partial charge >= 0.3 is 0 Å². The molecule has 3 rings (SSSR count). The van der Waals surface area contributed by atoms with E-state index in [2.05, 4.69) is 17.5 Å². The molecular formula is C17H19ClN2OS. The van der Waals surface area contributed by atoms with E-state index in [-0.39, 0.29) is 5.91 Å². The molecule has 1 saturated carbocycles. The molecule has 1 fully saturated rings. The first kappa shape index (κ1) is 15.5. The van der Waals surface area contributed by atoms with Crippen molar-refractivity contribution in [2.45, 2.75) is 39.0 Å². The Morgan fingerprint density at radius 2 is 2.09 bits per heavy atom. The Labute approximate surface area is 139 Å². The monoisotopic (exact) mass is 334 g/mol. The Morgan fingerprint density at radius 1 is 1.36 bits per heavy atom. The number of benzene rings is 1. The Kier molecular flexibility index (Phi) is 4.79. The van der Waals surface area contributed by atoms with Crippen molar-refractivity contribution in [3.05, 3.63) is 34.2 Å². The Bertz CT molecular complexity index is 713. The van der Waals surface area contributed by atoms with Crippen molar-refractivity contribution < 1.29 is 4.79 Å². The van der Waals surface area contributed by atoms with Gasteiger partial charge in [0.25, 0.3) is 5.91 Å². The van der Waals surface area contributed by atoms with Crippen molar-refractivity contribution in [1.82, 2.24) is 5.43 Å². The average molecular weight is 335 g/mol. The van der Waals surface area contributed by atoms with Gasteiger partial charge < -0.3 is 0 Å². The lowest BCUT2D eigenvalue weighted by Crippen LogP contribution is -2.21. The number of halogens is 1. The molecule has 0 aliphatic heterocycles. The van der Waals surface area contributed by atoms with E-state index >= 15 is 0 Å². The molecule has 1 aromatic carbocycles. The molecule has 1 aliphatic carbocycles. The Morgan fingerprint density at radius 3 is 2.77 bits per heavy atom. The van der Waals surface area contributed by atoms with Crippen molar-refractivity contribution >= 4 is 44.6 Å². The third kappa shape index (κ3) is 3.18. The molecule has 0 radical (unpaired) electrons. The number of hydrogen-bond acceptors (Lipinski definition) is 3. The number of nitrogens with zero attached hydrogens (tertiary/aromatic N) is 1. The van der Waals surface area contributed by atoms with Gasteiger partial charge in [0.15, 0.2) is 0 Å². The van der Waals surface area contributed by atoms with Crippen LogP contribution in [0.5, 0.6) is 0 Å². The van der Waals surface area contributed by atoms with Crippen LogP contribution in [-0.4, -0.2) is 11.6 Å². The van der Waals surface area contributed by atoms with Gasteiger partial charge in [-0.05, 0) is 37.7 Å². The molecule has 5 heteroatoms. The molecule has 1 aliphatic rings. The fourth-order valence-electron chi connectivity index (χ4n) is 2.87. The highest BCUT2D eigenvalue weighted by Gasteiger charge is 2.18. The third-order valence-electron chi connectivity index (χ3n) is 4.32. The first-order valence-electron chi connectivity index (χ1n) is 7.71. The zero-order valence-electron chi connectivity index (χ0n) is 12.6. The SMILES string of the molecule is CCC1CCC(=NNC(=O)c2sc3ccccc3c2Cl)CC1. The van der Waals surface area contributed by atoms with Crippen LogP contribution in [-0.2, 0) is 0 Å². The zero-order chi connectivity index (χ0) is 15.5. The van der Waals surface area contributed by atoms with Gasteiger partial charge in [-0.25, -0.2) is 5.43 Å². The number of rotatable bonds is 3. The lowest BCUT2D eigenvalue weighted by atomic mass is 9.86. The summed E-state index contributed by atoms with van der Waals surface area (Å²) in [5, 5.41) is 5.75. The topological polar surface area (TPSA) is 41.5 Å². The molecule has 0 bridgehead atoms. The number of hydrazone groups is 1. The Balaban J connectivity index is 1.70. The maximum absolute atomic E-state index is 12.3. The van der Waals surface area contributed by atoms with Crippen LogP contribution >= 0.6 is 22.9 Å². The fraction of sp³-hybridized carbons (Fsp3) is 0.412. The van der Waals surface area contributed by atoms with Crippen molar-refractivity contribution in [2.24, 2.45) is 11.0 Å². The van der Waals surface area contributed by atoms with Crippen LogP contribution in [0.2, 0.25) is 5.02 Å². The van der Waals surface area contributed by atoms with E-state index in [1.807, 2.05) is 24.3 Å². The van der Waals surface area contributed by atoms with Gasteiger partial charge in [-0.3, -0.25) is 4.79 Å². The first-order chi connectivity index (χ1) is 10.7. The van der Waals surface area contributed by atoms with Crippen molar-refractivity contribution in [1.29, 1.82) is 0 Å². The number of carbonyl (C=O) groups is 1. The number of carbonyl (C=O) groups excluding carboxylic acids is 1. The summed E-state index contributed by atoms with van der Waals surface area (Å²) in [6, 6.07) is 7.78. The van der Waals surface area contributed by atoms with E-state index in [0.717, 1.165) is 34.6 Å². The van der Waals surface area contributed by atoms with Crippen molar-refractivity contribution in [3.8, 4) is 0 Å². The van der Waals surface area contributed by atoms with Gasteiger partial charge in [0.2, 0.25) is 0 Å². The van der Waals surface area contributed by atoms with Gasteiger partial charge in [0.05, 0.1) is 5.02 Å². The summed E-state index contributed by atoms with van der Waals surface area (Å²) in [5.41, 5.74) is 3.77. The molecule has 0 spiro atoms. The summed E-state index contributed by atoms with van der Waals surface area (Å²) in [4.78, 5) is 12.8. The summed E-state index contributed by atoms with van der Waals surface area (Å²) in [6.45, 7) is 2.23. The molecular weight excluding hydrogens is 316 g/mol. The first-order valence-corrected chi connectivity index (χ1v) is 8.91. The highest BCUT2D eigenvalue weighted by Crippen LogP contribution is 2.35. The summed E-state index contributed by atoms with van der Waals surface area (Å²) >= 11 is 7.72. The average Bonchev–Trinajstić information content (AvgIpc) is 2.90. The molecule has 1 N–H and O–H groups in total. The summed E-state index contributed by atoms with van der Waals surface area (Å²) < 4.78 is 1.02. The number of fused-ring (bicyclic) bond motifs is 1. The number of hydrogen-bond donors (Lipinski definition) is 1. The van der Waals surface area contributed by atoms with Crippen molar-refractivity contribution in [3.63, 3.8) is 0 Å². The molecule has 116 valence electrons. The van der Waals surface area contributed by atoms with Gasteiger partial charge in [0.1, 0.15) is 4.88 Å². The summed E-state index contributed by atoms with van der Waals surface area (Å²) in [7, 11) is 0. The minimum atomic E-state index is -0.212. The van der Waals surface area contributed by atoms with E-state index < -0.39 is 0 Å². The van der Waals surface area contributed by atoms with Crippen LogP contribution in [0.15, 0.2) is 29.4 Å². The van der Waals surface area contributed by atoms with Crippen LogP contribution in [0.1, 0.15) is 48.7 Å². The number of nitrogens with one attached hydrogen (secondary N) is 1. The maximum Gasteiger partial charge on any atom is 0.283 e. The highest BCUT2D eigenvalue weighted by molar-refractivity contribution is 7.21. The number of amides is 1. The molecule has 3 nitrogen and oxygen atoms in total. The second-order valence-electron chi connectivity index (χ2n) is 5.71.